The number of amides is 1. The van der Waals surface area contributed by atoms with Gasteiger partial charge in [0.1, 0.15) is 6.10 Å². The van der Waals surface area contributed by atoms with Crippen molar-refractivity contribution in [2.75, 3.05) is 5.32 Å². The molecule has 3 nitrogen and oxygen atoms in total. The molecule has 0 aliphatic heterocycles. The third-order valence-corrected chi connectivity index (χ3v) is 3.63. The lowest BCUT2D eigenvalue weighted by Crippen LogP contribution is -2.30. The summed E-state index contributed by atoms with van der Waals surface area (Å²) in [6, 6.07) is 6.99. The van der Waals surface area contributed by atoms with E-state index in [1.807, 2.05) is 0 Å². The highest BCUT2D eigenvalue weighted by Gasteiger charge is 2.24. The molecule has 1 aromatic carbocycles. The molecule has 98 valence electrons. The summed E-state index contributed by atoms with van der Waals surface area (Å²) in [5.41, 5.74) is 0.702. The van der Waals surface area contributed by atoms with E-state index in [0.717, 1.165) is 19.3 Å². The third kappa shape index (κ3) is 3.64. The van der Waals surface area contributed by atoms with Gasteiger partial charge in [-0.15, -0.1) is 0 Å². The first kappa shape index (κ1) is 13.2. The smallest absolute Gasteiger partial charge is 0.411 e. The molecule has 0 spiro atoms. The van der Waals surface area contributed by atoms with Crippen molar-refractivity contribution in [1.82, 2.24) is 0 Å². The number of halogens is 1. The van der Waals surface area contributed by atoms with E-state index >= 15 is 0 Å². The molecule has 1 saturated carbocycles. The predicted octanol–water partition coefficient (Wildman–Crippen LogP) is 4.47. The molecule has 1 aromatic rings. The Morgan fingerprint density at radius 1 is 1.28 bits per heavy atom. The maximum absolute atomic E-state index is 11.7. The number of carbonyl (C=O) groups is 1. The first-order chi connectivity index (χ1) is 8.65. The topological polar surface area (TPSA) is 38.3 Å². The Bertz CT molecular complexity index is 405. The Labute approximate surface area is 112 Å². The van der Waals surface area contributed by atoms with Gasteiger partial charge in [0.05, 0.1) is 0 Å². The van der Waals surface area contributed by atoms with Gasteiger partial charge < -0.3 is 4.74 Å². The van der Waals surface area contributed by atoms with Crippen molar-refractivity contribution < 1.29 is 9.53 Å². The van der Waals surface area contributed by atoms with Gasteiger partial charge in [-0.25, -0.2) is 4.79 Å². The van der Waals surface area contributed by atoms with Crippen LogP contribution < -0.4 is 5.32 Å². The van der Waals surface area contributed by atoms with Crippen LogP contribution >= 0.6 is 11.6 Å². The molecule has 1 fully saturated rings. The van der Waals surface area contributed by atoms with Crippen molar-refractivity contribution in [3.8, 4) is 0 Å². The van der Waals surface area contributed by atoms with Gasteiger partial charge in [-0.05, 0) is 49.4 Å². The van der Waals surface area contributed by atoms with Crippen LogP contribution in [-0.2, 0) is 4.74 Å². The number of ether oxygens (including phenoxy) is 1. The summed E-state index contributed by atoms with van der Waals surface area (Å²) in [5, 5.41) is 3.37. The second-order valence-corrected chi connectivity index (χ2v) is 5.27. The summed E-state index contributed by atoms with van der Waals surface area (Å²) in [6.45, 7) is 2.14. The van der Waals surface area contributed by atoms with E-state index in [1.165, 1.54) is 6.42 Å². The van der Waals surface area contributed by atoms with Gasteiger partial charge in [0.15, 0.2) is 0 Å². The summed E-state index contributed by atoms with van der Waals surface area (Å²) in [7, 11) is 0. The normalized spacial score (nSPS) is 23.4. The molecule has 0 bridgehead atoms. The molecule has 0 radical (unpaired) electrons. The van der Waals surface area contributed by atoms with Crippen LogP contribution in [0.5, 0.6) is 0 Å². The fourth-order valence-corrected chi connectivity index (χ4v) is 2.40. The van der Waals surface area contributed by atoms with E-state index in [-0.39, 0.29) is 12.2 Å². The molecular formula is C14H18ClNO2. The van der Waals surface area contributed by atoms with Crippen LogP contribution in [0.2, 0.25) is 5.02 Å². The average Bonchev–Trinajstić information content (AvgIpc) is 2.35. The Kier molecular flexibility index (Phi) is 4.48. The zero-order valence-electron chi connectivity index (χ0n) is 10.5. The van der Waals surface area contributed by atoms with Crippen molar-refractivity contribution in [2.24, 2.45) is 5.92 Å². The number of anilines is 1. The average molecular weight is 268 g/mol. The lowest BCUT2D eigenvalue weighted by Gasteiger charge is -2.28. The van der Waals surface area contributed by atoms with E-state index in [4.69, 9.17) is 16.3 Å². The summed E-state index contributed by atoms with van der Waals surface area (Å²) in [5.74, 6) is 0.453. The molecule has 0 unspecified atom stereocenters. The number of benzene rings is 1. The standard InChI is InChI=1S/C14H18ClNO2/c1-10-4-2-3-5-13(10)18-14(17)16-12-8-6-11(15)7-9-12/h6-10,13H,2-5H2,1H3,(H,16,17)/t10-,13+/m1/s1. The highest BCUT2D eigenvalue weighted by atomic mass is 35.5. The molecule has 4 heteroatoms. The third-order valence-electron chi connectivity index (χ3n) is 3.38. The van der Waals surface area contributed by atoms with Crippen LogP contribution in [0.3, 0.4) is 0 Å². The van der Waals surface area contributed by atoms with Gasteiger partial charge in [0, 0.05) is 10.7 Å². The minimum atomic E-state index is -0.379. The van der Waals surface area contributed by atoms with Crippen LogP contribution in [0.15, 0.2) is 24.3 Å². The van der Waals surface area contributed by atoms with E-state index in [2.05, 4.69) is 12.2 Å². The SMILES string of the molecule is C[C@@H]1CCCC[C@@H]1OC(=O)Nc1ccc(Cl)cc1. The number of hydrogen-bond acceptors (Lipinski definition) is 2. The van der Waals surface area contributed by atoms with E-state index < -0.39 is 0 Å². The highest BCUT2D eigenvalue weighted by molar-refractivity contribution is 6.30. The lowest BCUT2D eigenvalue weighted by atomic mass is 9.88. The maximum Gasteiger partial charge on any atom is 0.411 e. The number of carbonyl (C=O) groups excluding carboxylic acids is 1. The van der Waals surface area contributed by atoms with Crippen LogP contribution in [0.4, 0.5) is 10.5 Å². The van der Waals surface area contributed by atoms with Crippen molar-refractivity contribution >= 4 is 23.4 Å². The van der Waals surface area contributed by atoms with Crippen LogP contribution in [0.25, 0.3) is 0 Å². The Hall–Kier alpha value is -1.22. The first-order valence-electron chi connectivity index (χ1n) is 6.38. The molecule has 1 aliphatic rings. The van der Waals surface area contributed by atoms with Gasteiger partial charge in [0.25, 0.3) is 0 Å². The number of hydrogen-bond donors (Lipinski definition) is 1. The summed E-state index contributed by atoms with van der Waals surface area (Å²) in [4.78, 5) is 11.7. The molecule has 2 rings (SSSR count). The minimum Gasteiger partial charge on any atom is -0.446 e. The second kappa shape index (κ2) is 6.10. The number of rotatable bonds is 2. The van der Waals surface area contributed by atoms with Crippen LogP contribution in [-0.4, -0.2) is 12.2 Å². The van der Waals surface area contributed by atoms with E-state index in [0.29, 0.717) is 16.6 Å². The van der Waals surface area contributed by atoms with Crippen LogP contribution in [0, 0.1) is 5.92 Å². The van der Waals surface area contributed by atoms with Gasteiger partial charge in [-0.2, -0.15) is 0 Å². The Morgan fingerprint density at radius 3 is 2.61 bits per heavy atom. The molecular weight excluding hydrogens is 250 g/mol. The molecule has 1 amide bonds. The molecule has 2 atom stereocenters. The minimum absolute atomic E-state index is 0.0473. The highest BCUT2D eigenvalue weighted by Crippen LogP contribution is 2.26. The molecule has 0 saturated heterocycles. The van der Waals surface area contributed by atoms with Gasteiger partial charge >= 0.3 is 6.09 Å². The Morgan fingerprint density at radius 2 is 1.94 bits per heavy atom. The first-order valence-corrected chi connectivity index (χ1v) is 6.76. The van der Waals surface area contributed by atoms with Gasteiger partial charge in [-0.3, -0.25) is 5.32 Å². The molecule has 1 aliphatic carbocycles. The van der Waals surface area contributed by atoms with Crippen LogP contribution in [0.1, 0.15) is 32.6 Å². The Balaban J connectivity index is 1.86. The molecule has 18 heavy (non-hydrogen) atoms. The quantitative estimate of drug-likeness (QED) is 0.859. The van der Waals surface area contributed by atoms with Crippen molar-refractivity contribution in [1.29, 1.82) is 0 Å². The molecule has 0 heterocycles. The number of nitrogens with one attached hydrogen (secondary N) is 1. The fraction of sp³-hybridized carbons (Fsp3) is 0.500. The second-order valence-electron chi connectivity index (χ2n) is 4.84. The zero-order chi connectivity index (χ0) is 13.0. The summed E-state index contributed by atoms with van der Waals surface area (Å²) >= 11 is 5.78. The van der Waals surface area contributed by atoms with E-state index in [9.17, 15) is 4.79 Å². The van der Waals surface area contributed by atoms with Crippen molar-refractivity contribution in [3.63, 3.8) is 0 Å². The summed E-state index contributed by atoms with van der Waals surface area (Å²) in [6.07, 6.45) is 4.15. The largest absolute Gasteiger partial charge is 0.446 e. The summed E-state index contributed by atoms with van der Waals surface area (Å²) < 4.78 is 5.45. The predicted molar refractivity (Wildman–Crippen MR) is 73.0 cm³/mol. The van der Waals surface area contributed by atoms with Gasteiger partial charge in [-0.1, -0.05) is 24.9 Å². The monoisotopic (exact) mass is 267 g/mol. The maximum atomic E-state index is 11.7. The molecule has 1 N–H and O–H groups in total. The van der Waals surface area contributed by atoms with Crippen molar-refractivity contribution in [3.05, 3.63) is 29.3 Å². The fourth-order valence-electron chi connectivity index (χ4n) is 2.28. The van der Waals surface area contributed by atoms with Crippen molar-refractivity contribution in [2.45, 2.75) is 38.7 Å². The lowest BCUT2D eigenvalue weighted by molar-refractivity contribution is 0.0524. The zero-order valence-corrected chi connectivity index (χ0v) is 11.2. The van der Waals surface area contributed by atoms with Gasteiger partial charge in [0.2, 0.25) is 0 Å². The van der Waals surface area contributed by atoms with E-state index in [1.54, 1.807) is 24.3 Å². The molecule has 0 aromatic heterocycles.